The van der Waals surface area contributed by atoms with Crippen LogP contribution in [0.3, 0.4) is 0 Å². The molecule has 0 aromatic heterocycles. The van der Waals surface area contributed by atoms with E-state index in [1.165, 1.54) is 77.0 Å². The summed E-state index contributed by atoms with van der Waals surface area (Å²) in [5, 5.41) is 3.68. The third-order valence-electron chi connectivity index (χ3n) is 8.18. The van der Waals surface area contributed by atoms with Gasteiger partial charge in [0.05, 0.1) is 0 Å². The first-order chi connectivity index (χ1) is 19.0. The zero-order valence-electron chi connectivity index (χ0n) is 24.9. The summed E-state index contributed by atoms with van der Waals surface area (Å²) in [4.78, 5) is 0. The predicted octanol–water partition coefficient (Wildman–Crippen LogP) is 9.32. The smallest absolute Gasteiger partial charge is 0.485 e. The fraction of sp³-hybridized carbons (Fsp3) is 0.677. The molecule has 0 amide bonds. The van der Waals surface area contributed by atoms with Crippen molar-refractivity contribution in [2.45, 2.75) is 133 Å². The second-order valence-electron chi connectivity index (χ2n) is 10.7. The average molecular weight is 723 g/mol. The summed E-state index contributed by atoms with van der Waals surface area (Å²) in [5.74, 6) is 0. The zero-order chi connectivity index (χ0) is 29.8. The normalized spacial score (nSPS) is 26.0. The Morgan fingerprint density at radius 2 is 0.927 bits per heavy atom. The predicted molar refractivity (Wildman–Crippen MR) is 167 cm³/mol. The van der Waals surface area contributed by atoms with E-state index in [0.717, 1.165) is 22.6 Å². The van der Waals surface area contributed by atoms with Crippen LogP contribution in [0.15, 0.2) is 48.6 Å². The summed E-state index contributed by atoms with van der Waals surface area (Å²) < 4.78 is 58.9. The maximum Gasteiger partial charge on any atom is 0.485 e. The van der Waals surface area contributed by atoms with Gasteiger partial charge in [0.2, 0.25) is 0 Å². The molecule has 1 aromatic rings. The Bertz CT molecular complexity index is 952. The largest absolute Gasteiger partial charge is 0.741 e. The Kier molecular flexibility index (Phi) is 18.3. The van der Waals surface area contributed by atoms with E-state index in [1.54, 1.807) is 0 Å². The fourth-order valence-corrected chi connectivity index (χ4v) is 14.0. The van der Waals surface area contributed by atoms with Crippen LogP contribution in [-0.4, -0.2) is 41.1 Å². The molecule has 41 heavy (non-hydrogen) atoms. The van der Waals surface area contributed by atoms with Crippen molar-refractivity contribution in [2.75, 3.05) is 0 Å². The Hall–Kier alpha value is -0.117. The molecule has 1 aliphatic carbocycles. The number of rotatable bonds is 6. The molecule has 2 saturated heterocycles. The third kappa shape index (κ3) is 11.7. The molecule has 0 saturated carbocycles. The molecule has 2 fully saturated rings. The van der Waals surface area contributed by atoms with Crippen molar-refractivity contribution in [1.29, 1.82) is 0 Å². The Morgan fingerprint density at radius 1 is 0.683 bits per heavy atom. The quantitative estimate of drug-likeness (QED) is 0.0968. The SMILES string of the molecule is C1=CCC/C=C\CC1.CC[C@@H]1CC[C@@H](CC)P1c1ccccc1P1[C@H](CC)CC[C@H]1CC.O=S(=O)([O-])C(F)(F)F.[Rh]. The molecule has 1 radical (unpaired) electrons. The number of hydrogen-bond donors (Lipinski definition) is 0. The molecule has 0 spiro atoms. The first kappa shape index (κ1) is 38.9. The number of hydrogen-bond acceptors (Lipinski definition) is 3. The van der Waals surface area contributed by atoms with Crippen LogP contribution in [0, 0.1) is 0 Å². The van der Waals surface area contributed by atoms with Crippen molar-refractivity contribution < 1.29 is 45.6 Å². The molecular formula is C31H48F3O3P2RhS-. The summed E-state index contributed by atoms with van der Waals surface area (Å²) in [6.45, 7) is 9.74. The van der Waals surface area contributed by atoms with Crippen LogP contribution in [0.5, 0.6) is 0 Å². The van der Waals surface area contributed by atoms with Crippen LogP contribution in [-0.2, 0) is 29.6 Å². The molecule has 1 aromatic carbocycles. The number of benzene rings is 1. The topological polar surface area (TPSA) is 57.2 Å². The summed E-state index contributed by atoms with van der Waals surface area (Å²) in [6.07, 6.45) is 25.5. The minimum atomic E-state index is -6.09. The van der Waals surface area contributed by atoms with Gasteiger partial charge in [-0.25, -0.2) is 8.42 Å². The molecular weight excluding hydrogens is 674 g/mol. The summed E-state index contributed by atoms with van der Waals surface area (Å²) in [5.41, 5.74) is -1.69. The average Bonchev–Trinajstić information content (AvgIpc) is 3.51. The van der Waals surface area contributed by atoms with E-state index >= 15 is 0 Å². The summed E-state index contributed by atoms with van der Waals surface area (Å²) >= 11 is 0. The van der Waals surface area contributed by atoms with Gasteiger partial charge in [0.1, 0.15) is 0 Å². The molecule has 4 rings (SSSR count). The molecule has 3 nitrogen and oxygen atoms in total. The van der Waals surface area contributed by atoms with Crippen LogP contribution in [0.1, 0.15) is 105 Å². The molecule has 3 aliphatic rings. The first-order valence-electron chi connectivity index (χ1n) is 15.0. The van der Waals surface area contributed by atoms with Crippen LogP contribution < -0.4 is 10.6 Å². The number of allylic oxidation sites excluding steroid dienone is 4. The van der Waals surface area contributed by atoms with Crippen LogP contribution in [0.2, 0.25) is 0 Å². The van der Waals surface area contributed by atoms with E-state index in [9.17, 15) is 13.2 Å². The minimum absolute atomic E-state index is 0. The molecule has 0 unspecified atom stereocenters. The first-order valence-corrected chi connectivity index (χ1v) is 19.3. The minimum Gasteiger partial charge on any atom is -0.741 e. The third-order valence-corrected chi connectivity index (χ3v) is 16.5. The Balaban J connectivity index is 0.000000407. The molecule has 2 aliphatic heterocycles. The van der Waals surface area contributed by atoms with Crippen molar-refractivity contribution in [3.63, 3.8) is 0 Å². The monoisotopic (exact) mass is 722 g/mol. The summed E-state index contributed by atoms with van der Waals surface area (Å²) in [7, 11) is -5.96. The molecule has 0 N–H and O–H groups in total. The number of halogens is 3. The molecule has 4 atom stereocenters. The van der Waals surface area contributed by atoms with Gasteiger partial charge in [-0.3, -0.25) is 0 Å². The van der Waals surface area contributed by atoms with Gasteiger partial charge in [0.15, 0.2) is 10.1 Å². The van der Waals surface area contributed by atoms with Gasteiger partial charge in [0.25, 0.3) is 0 Å². The second kappa shape index (κ2) is 19.3. The van der Waals surface area contributed by atoms with Gasteiger partial charge in [-0.1, -0.05) is 92.1 Å². The van der Waals surface area contributed by atoms with E-state index in [4.69, 9.17) is 13.0 Å². The standard InChI is InChI=1S/C22H36P2.C8H12.CHF3O3S.Rh/c1-5-17-13-14-18(6-2)23(17)21-11-9-10-12-22(21)24-19(7-3)15-16-20(24)8-4;1-2-4-6-8-7-5-3-1;2-1(3,4)8(5,6)7;/h9-12,17-20H,5-8,13-16H2,1-4H3;1-2,7-8H,3-6H2;(H,5,6,7);/p-1/b;2-1-,8-7?;;/t17-,18-,19-,20-;;;/m1.../s1. The summed E-state index contributed by atoms with van der Waals surface area (Å²) in [6, 6.07) is 9.79. The Morgan fingerprint density at radius 3 is 1.12 bits per heavy atom. The van der Waals surface area contributed by atoms with Crippen molar-refractivity contribution in [3.8, 4) is 0 Å². The van der Waals surface area contributed by atoms with Gasteiger partial charge < -0.3 is 4.55 Å². The maximum absolute atomic E-state index is 10.7. The van der Waals surface area contributed by atoms with Crippen molar-refractivity contribution in [3.05, 3.63) is 48.6 Å². The van der Waals surface area contributed by atoms with Gasteiger partial charge in [-0.15, -0.1) is 0 Å². The molecule has 0 bridgehead atoms. The molecule has 10 heteroatoms. The molecule has 237 valence electrons. The van der Waals surface area contributed by atoms with E-state index in [1.807, 2.05) is 10.6 Å². The van der Waals surface area contributed by atoms with E-state index in [0.29, 0.717) is 0 Å². The molecule has 2 heterocycles. The fourth-order valence-electron chi connectivity index (χ4n) is 6.07. The van der Waals surface area contributed by atoms with E-state index in [2.05, 4.69) is 76.3 Å². The van der Waals surface area contributed by atoms with Crippen LogP contribution >= 0.6 is 15.8 Å². The van der Waals surface area contributed by atoms with Gasteiger partial charge in [-0.2, -0.15) is 13.2 Å². The van der Waals surface area contributed by atoms with Crippen LogP contribution in [0.4, 0.5) is 13.2 Å². The van der Waals surface area contributed by atoms with Gasteiger partial charge in [0, 0.05) is 19.5 Å². The van der Waals surface area contributed by atoms with Crippen molar-refractivity contribution >= 4 is 36.6 Å². The van der Waals surface area contributed by atoms with Crippen molar-refractivity contribution in [2.24, 2.45) is 0 Å². The van der Waals surface area contributed by atoms with E-state index < -0.39 is 15.6 Å². The van der Waals surface area contributed by atoms with E-state index in [-0.39, 0.29) is 35.3 Å². The maximum atomic E-state index is 10.7. The van der Waals surface area contributed by atoms with Gasteiger partial charge in [-0.05, 0) is 110 Å². The van der Waals surface area contributed by atoms with Crippen LogP contribution in [0.25, 0.3) is 0 Å². The second-order valence-corrected chi connectivity index (χ2v) is 17.6. The van der Waals surface area contributed by atoms with Gasteiger partial charge >= 0.3 is 5.51 Å². The zero-order valence-corrected chi connectivity index (χ0v) is 29.2. The Labute approximate surface area is 262 Å². The number of alkyl halides is 3. The van der Waals surface area contributed by atoms with Crippen molar-refractivity contribution in [1.82, 2.24) is 0 Å².